The van der Waals surface area contributed by atoms with Crippen molar-refractivity contribution in [1.29, 1.82) is 0 Å². The zero-order valence-electron chi connectivity index (χ0n) is 12.0. The van der Waals surface area contributed by atoms with Gasteiger partial charge < -0.3 is 14.8 Å². The number of hydrogen-bond acceptors (Lipinski definition) is 2. The lowest BCUT2D eigenvalue weighted by Gasteiger charge is -2.13. The van der Waals surface area contributed by atoms with Crippen LogP contribution in [-0.2, 0) is 0 Å². The molecule has 0 saturated carbocycles. The quantitative estimate of drug-likeness (QED) is 0.741. The van der Waals surface area contributed by atoms with E-state index in [-0.39, 0.29) is 0 Å². The Morgan fingerprint density at radius 3 is 2.81 bits per heavy atom. The van der Waals surface area contributed by atoms with Gasteiger partial charge in [-0.2, -0.15) is 0 Å². The molecule has 3 heteroatoms. The third-order valence-electron chi connectivity index (χ3n) is 3.54. The fourth-order valence-corrected chi connectivity index (χ4v) is 2.43. The minimum absolute atomic E-state index is 0.644. The Morgan fingerprint density at radius 1 is 1.10 bits per heavy atom. The van der Waals surface area contributed by atoms with Crippen molar-refractivity contribution < 1.29 is 9.84 Å². The van der Waals surface area contributed by atoms with Gasteiger partial charge in [-0.25, -0.2) is 0 Å². The average molecular weight is 281 g/mol. The Labute approximate surface area is 124 Å². The van der Waals surface area contributed by atoms with Gasteiger partial charge in [0.1, 0.15) is 11.9 Å². The maximum absolute atomic E-state index is 10.6. The van der Waals surface area contributed by atoms with Crippen LogP contribution < -0.4 is 4.74 Å². The van der Waals surface area contributed by atoms with Crippen molar-refractivity contribution in [2.45, 2.75) is 19.4 Å². The molecule has 0 amide bonds. The van der Waals surface area contributed by atoms with Crippen LogP contribution in [0.1, 0.15) is 30.6 Å². The van der Waals surface area contributed by atoms with E-state index >= 15 is 0 Å². The first kappa shape index (κ1) is 13.7. The molecule has 0 saturated heterocycles. The van der Waals surface area contributed by atoms with E-state index in [0.717, 1.165) is 34.2 Å². The van der Waals surface area contributed by atoms with Crippen LogP contribution in [0.5, 0.6) is 5.75 Å². The number of aromatic amines is 1. The van der Waals surface area contributed by atoms with E-state index in [9.17, 15) is 5.11 Å². The molecule has 0 aliphatic rings. The van der Waals surface area contributed by atoms with Gasteiger partial charge in [-0.15, -0.1) is 0 Å². The van der Waals surface area contributed by atoms with Gasteiger partial charge in [-0.05, 0) is 53.3 Å². The lowest BCUT2D eigenvalue weighted by Crippen LogP contribution is -2.01. The van der Waals surface area contributed by atoms with Crippen LogP contribution in [0.25, 0.3) is 10.9 Å². The minimum atomic E-state index is -0.644. The largest absolute Gasteiger partial charge is 0.494 e. The summed E-state index contributed by atoms with van der Waals surface area (Å²) in [5.74, 6) is 0.802. The summed E-state index contributed by atoms with van der Waals surface area (Å²) >= 11 is 0. The predicted molar refractivity (Wildman–Crippen MR) is 84.6 cm³/mol. The molecule has 3 aromatic rings. The standard InChI is InChI=1S/C18H19NO2/c1-2-10-21-16-5-3-4-14(12-16)18(20)15-6-7-17-13(11-15)8-9-19-17/h3-9,11-12,18-20H,2,10H2,1H3. The Bertz CT molecular complexity index is 733. The van der Waals surface area contributed by atoms with Crippen LogP contribution in [0.4, 0.5) is 0 Å². The summed E-state index contributed by atoms with van der Waals surface area (Å²) < 4.78 is 5.62. The lowest BCUT2D eigenvalue weighted by molar-refractivity contribution is 0.219. The number of ether oxygens (including phenoxy) is 1. The van der Waals surface area contributed by atoms with Crippen LogP contribution in [0, 0.1) is 0 Å². The van der Waals surface area contributed by atoms with Gasteiger partial charge in [0.2, 0.25) is 0 Å². The molecule has 1 atom stereocenters. The van der Waals surface area contributed by atoms with Crippen molar-refractivity contribution >= 4 is 10.9 Å². The van der Waals surface area contributed by atoms with E-state index in [0.29, 0.717) is 6.61 Å². The molecule has 108 valence electrons. The fourth-order valence-electron chi connectivity index (χ4n) is 2.43. The van der Waals surface area contributed by atoms with Gasteiger partial charge in [0, 0.05) is 11.7 Å². The molecule has 2 N–H and O–H groups in total. The molecule has 0 bridgehead atoms. The second-order valence-corrected chi connectivity index (χ2v) is 5.15. The highest BCUT2D eigenvalue weighted by Gasteiger charge is 2.12. The number of hydrogen-bond donors (Lipinski definition) is 2. The van der Waals surface area contributed by atoms with Crippen LogP contribution in [0.2, 0.25) is 0 Å². The van der Waals surface area contributed by atoms with E-state index in [1.165, 1.54) is 0 Å². The Kier molecular flexibility index (Phi) is 3.93. The maximum atomic E-state index is 10.6. The number of benzene rings is 2. The van der Waals surface area contributed by atoms with Gasteiger partial charge in [-0.3, -0.25) is 0 Å². The number of aliphatic hydroxyl groups is 1. The normalized spacial score (nSPS) is 12.5. The molecular formula is C18H19NO2. The number of fused-ring (bicyclic) bond motifs is 1. The molecule has 3 nitrogen and oxygen atoms in total. The monoisotopic (exact) mass is 281 g/mol. The fraction of sp³-hybridized carbons (Fsp3) is 0.222. The molecule has 0 aliphatic carbocycles. The minimum Gasteiger partial charge on any atom is -0.494 e. The summed E-state index contributed by atoms with van der Waals surface area (Å²) in [5.41, 5.74) is 2.80. The zero-order chi connectivity index (χ0) is 14.7. The van der Waals surface area contributed by atoms with Crippen LogP contribution >= 0.6 is 0 Å². The first-order chi connectivity index (χ1) is 10.3. The molecule has 0 radical (unpaired) electrons. The molecule has 1 heterocycles. The SMILES string of the molecule is CCCOc1cccc(C(O)c2ccc3[nH]ccc3c2)c1. The maximum Gasteiger partial charge on any atom is 0.119 e. The molecule has 3 rings (SSSR count). The molecule has 1 aromatic heterocycles. The van der Waals surface area contributed by atoms with E-state index < -0.39 is 6.10 Å². The Morgan fingerprint density at radius 2 is 1.95 bits per heavy atom. The highest BCUT2D eigenvalue weighted by atomic mass is 16.5. The van der Waals surface area contributed by atoms with Crippen molar-refractivity contribution in [3.05, 3.63) is 65.9 Å². The Hall–Kier alpha value is -2.26. The average Bonchev–Trinajstić information content (AvgIpc) is 3.00. The smallest absolute Gasteiger partial charge is 0.119 e. The molecule has 2 aromatic carbocycles. The second kappa shape index (κ2) is 6.02. The van der Waals surface area contributed by atoms with Gasteiger partial charge in [-0.1, -0.05) is 25.1 Å². The summed E-state index contributed by atoms with van der Waals surface area (Å²) in [6, 6.07) is 15.6. The predicted octanol–water partition coefficient (Wildman–Crippen LogP) is 4.04. The molecule has 21 heavy (non-hydrogen) atoms. The molecular weight excluding hydrogens is 262 g/mol. The van der Waals surface area contributed by atoms with Crippen molar-refractivity contribution in [3.63, 3.8) is 0 Å². The van der Waals surface area contributed by atoms with Gasteiger partial charge in [0.25, 0.3) is 0 Å². The van der Waals surface area contributed by atoms with E-state index in [2.05, 4.69) is 11.9 Å². The summed E-state index contributed by atoms with van der Waals surface area (Å²) in [7, 11) is 0. The highest BCUT2D eigenvalue weighted by molar-refractivity contribution is 5.80. The third kappa shape index (κ3) is 2.93. The second-order valence-electron chi connectivity index (χ2n) is 5.15. The van der Waals surface area contributed by atoms with Crippen LogP contribution in [-0.4, -0.2) is 16.7 Å². The van der Waals surface area contributed by atoms with Crippen LogP contribution in [0.15, 0.2) is 54.7 Å². The number of rotatable bonds is 5. The van der Waals surface area contributed by atoms with E-state index in [1.54, 1.807) is 0 Å². The topological polar surface area (TPSA) is 45.2 Å². The van der Waals surface area contributed by atoms with Crippen molar-refractivity contribution in [1.82, 2.24) is 4.98 Å². The van der Waals surface area contributed by atoms with Gasteiger partial charge in [0.05, 0.1) is 6.61 Å². The van der Waals surface area contributed by atoms with E-state index in [4.69, 9.17) is 4.74 Å². The van der Waals surface area contributed by atoms with Crippen LogP contribution in [0.3, 0.4) is 0 Å². The number of H-pyrrole nitrogens is 1. The molecule has 1 unspecified atom stereocenters. The first-order valence-electron chi connectivity index (χ1n) is 7.26. The first-order valence-corrected chi connectivity index (χ1v) is 7.26. The zero-order valence-corrected chi connectivity index (χ0v) is 12.0. The molecule has 0 aliphatic heterocycles. The number of aromatic nitrogens is 1. The summed E-state index contributed by atoms with van der Waals surface area (Å²) in [6.07, 6.45) is 2.23. The summed E-state index contributed by atoms with van der Waals surface area (Å²) in [6.45, 7) is 2.76. The summed E-state index contributed by atoms with van der Waals surface area (Å²) in [5, 5.41) is 11.7. The third-order valence-corrected chi connectivity index (χ3v) is 3.54. The van der Waals surface area contributed by atoms with Gasteiger partial charge in [0.15, 0.2) is 0 Å². The van der Waals surface area contributed by atoms with Crippen molar-refractivity contribution in [3.8, 4) is 5.75 Å². The van der Waals surface area contributed by atoms with E-state index in [1.807, 2.05) is 54.7 Å². The number of nitrogens with one attached hydrogen (secondary N) is 1. The van der Waals surface area contributed by atoms with Crippen molar-refractivity contribution in [2.24, 2.45) is 0 Å². The molecule has 0 fully saturated rings. The lowest BCUT2D eigenvalue weighted by atomic mass is 10.0. The molecule has 0 spiro atoms. The summed E-state index contributed by atoms with van der Waals surface area (Å²) in [4.78, 5) is 3.16. The van der Waals surface area contributed by atoms with Gasteiger partial charge >= 0.3 is 0 Å². The van der Waals surface area contributed by atoms with Crippen molar-refractivity contribution in [2.75, 3.05) is 6.61 Å². The number of aliphatic hydroxyl groups excluding tert-OH is 1. The highest BCUT2D eigenvalue weighted by Crippen LogP contribution is 2.27. The Balaban J connectivity index is 1.88.